The van der Waals surface area contributed by atoms with Gasteiger partial charge in [0.05, 0.1) is 6.07 Å². The standard InChI is InChI=1S/C6H8N2/c1-2-5-3-6(5,8)4-7/h2,5H,1,3,8H2/t5-,6-/m1/s1. The van der Waals surface area contributed by atoms with Crippen LogP contribution in [0.15, 0.2) is 12.7 Å². The maximum atomic E-state index is 8.34. The molecule has 0 aromatic heterocycles. The van der Waals surface area contributed by atoms with Gasteiger partial charge in [-0.15, -0.1) is 6.58 Å². The van der Waals surface area contributed by atoms with Gasteiger partial charge in [-0.2, -0.15) is 5.26 Å². The molecule has 0 spiro atoms. The summed E-state index contributed by atoms with van der Waals surface area (Å²) in [7, 11) is 0. The molecule has 1 rings (SSSR count). The van der Waals surface area contributed by atoms with Crippen LogP contribution in [0, 0.1) is 17.2 Å². The van der Waals surface area contributed by atoms with Crippen LogP contribution >= 0.6 is 0 Å². The minimum absolute atomic E-state index is 0.243. The molecule has 0 amide bonds. The molecular formula is C6H8N2. The van der Waals surface area contributed by atoms with Crippen LogP contribution in [0.25, 0.3) is 0 Å². The van der Waals surface area contributed by atoms with Crippen molar-refractivity contribution in [3.8, 4) is 6.07 Å². The van der Waals surface area contributed by atoms with E-state index >= 15 is 0 Å². The Bertz CT molecular complexity index is 156. The van der Waals surface area contributed by atoms with Crippen LogP contribution in [0.1, 0.15) is 6.42 Å². The van der Waals surface area contributed by atoms with Crippen LogP contribution in [0.5, 0.6) is 0 Å². The monoisotopic (exact) mass is 108 g/mol. The minimum Gasteiger partial charge on any atom is -0.313 e. The molecule has 0 aromatic rings. The molecule has 0 heterocycles. The summed E-state index contributed by atoms with van der Waals surface area (Å²) in [5.41, 5.74) is 4.91. The molecule has 1 aliphatic rings. The highest BCUT2D eigenvalue weighted by atomic mass is 14.8. The van der Waals surface area contributed by atoms with Crippen molar-refractivity contribution in [2.45, 2.75) is 12.0 Å². The summed E-state index contributed by atoms with van der Waals surface area (Å²) in [6.45, 7) is 3.53. The van der Waals surface area contributed by atoms with Gasteiger partial charge in [0.15, 0.2) is 0 Å². The van der Waals surface area contributed by atoms with Gasteiger partial charge in [-0.05, 0) is 6.42 Å². The molecular weight excluding hydrogens is 100 g/mol. The average molecular weight is 108 g/mol. The van der Waals surface area contributed by atoms with E-state index in [1.165, 1.54) is 0 Å². The van der Waals surface area contributed by atoms with Gasteiger partial charge in [0.2, 0.25) is 0 Å². The van der Waals surface area contributed by atoms with Crippen molar-refractivity contribution in [1.82, 2.24) is 0 Å². The molecule has 2 atom stereocenters. The van der Waals surface area contributed by atoms with Gasteiger partial charge >= 0.3 is 0 Å². The van der Waals surface area contributed by atoms with Crippen molar-refractivity contribution in [3.63, 3.8) is 0 Å². The number of hydrogen-bond donors (Lipinski definition) is 1. The molecule has 2 heteroatoms. The molecule has 0 saturated heterocycles. The van der Waals surface area contributed by atoms with Gasteiger partial charge in [0, 0.05) is 5.92 Å². The van der Waals surface area contributed by atoms with E-state index < -0.39 is 5.54 Å². The van der Waals surface area contributed by atoms with E-state index in [9.17, 15) is 0 Å². The van der Waals surface area contributed by atoms with Crippen LogP contribution < -0.4 is 5.73 Å². The Morgan fingerprint density at radius 3 is 2.75 bits per heavy atom. The summed E-state index contributed by atoms with van der Waals surface area (Å²) in [6.07, 6.45) is 2.52. The van der Waals surface area contributed by atoms with Crippen molar-refractivity contribution < 1.29 is 0 Å². The summed E-state index contributed by atoms with van der Waals surface area (Å²) in [5, 5.41) is 8.34. The lowest BCUT2D eigenvalue weighted by Gasteiger charge is -1.90. The van der Waals surface area contributed by atoms with E-state index in [1.807, 2.05) is 6.07 Å². The molecule has 8 heavy (non-hydrogen) atoms. The first kappa shape index (κ1) is 5.33. The highest BCUT2D eigenvalue weighted by Gasteiger charge is 2.49. The zero-order valence-corrected chi connectivity index (χ0v) is 4.59. The molecule has 2 N–H and O–H groups in total. The third-order valence-electron chi connectivity index (χ3n) is 1.55. The molecule has 0 radical (unpaired) electrons. The lowest BCUT2D eigenvalue weighted by molar-refractivity contribution is 0.815. The Balaban J connectivity index is 2.58. The topological polar surface area (TPSA) is 49.8 Å². The first-order valence-electron chi connectivity index (χ1n) is 2.55. The van der Waals surface area contributed by atoms with Crippen LogP contribution in [-0.4, -0.2) is 5.54 Å². The number of rotatable bonds is 1. The largest absolute Gasteiger partial charge is 0.313 e. The summed E-state index contributed by atoms with van der Waals surface area (Å²) >= 11 is 0. The summed E-state index contributed by atoms with van der Waals surface area (Å²) in [6, 6.07) is 2.02. The van der Waals surface area contributed by atoms with E-state index in [2.05, 4.69) is 6.58 Å². The summed E-state index contributed by atoms with van der Waals surface area (Å²) < 4.78 is 0. The Labute approximate surface area is 48.6 Å². The molecule has 42 valence electrons. The molecule has 0 aromatic carbocycles. The Hall–Kier alpha value is -0.810. The molecule has 1 fully saturated rings. The van der Waals surface area contributed by atoms with Crippen LogP contribution in [0.3, 0.4) is 0 Å². The van der Waals surface area contributed by atoms with Gasteiger partial charge < -0.3 is 5.73 Å². The van der Waals surface area contributed by atoms with E-state index in [1.54, 1.807) is 6.08 Å². The van der Waals surface area contributed by atoms with Gasteiger partial charge in [-0.1, -0.05) is 6.08 Å². The van der Waals surface area contributed by atoms with Gasteiger partial charge in [0.25, 0.3) is 0 Å². The van der Waals surface area contributed by atoms with E-state index in [0.717, 1.165) is 6.42 Å². The molecule has 1 aliphatic carbocycles. The first-order chi connectivity index (χ1) is 3.73. The predicted molar refractivity (Wildman–Crippen MR) is 30.8 cm³/mol. The van der Waals surface area contributed by atoms with E-state index in [4.69, 9.17) is 11.0 Å². The maximum absolute atomic E-state index is 8.34. The summed E-state index contributed by atoms with van der Waals surface area (Å²) in [4.78, 5) is 0. The molecule has 1 saturated carbocycles. The van der Waals surface area contributed by atoms with Gasteiger partial charge in [0.1, 0.15) is 5.54 Å². The van der Waals surface area contributed by atoms with Crippen molar-refractivity contribution in [3.05, 3.63) is 12.7 Å². The van der Waals surface area contributed by atoms with E-state index in [-0.39, 0.29) is 5.92 Å². The lowest BCUT2D eigenvalue weighted by Crippen LogP contribution is -2.21. The minimum atomic E-state index is -0.554. The molecule has 0 unspecified atom stereocenters. The van der Waals surface area contributed by atoms with Crippen molar-refractivity contribution >= 4 is 0 Å². The van der Waals surface area contributed by atoms with Crippen molar-refractivity contribution in [1.29, 1.82) is 5.26 Å². The Morgan fingerprint density at radius 1 is 2.00 bits per heavy atom. The smallest absolute Gasteiger partial charge is 0.111 e. The zero-order chi connectivity index (χ0) is 6.20. The van der Waals surface area contributed by atoms with E-state index in [0.29, 0.717) is 0 Å². The fraction of sp³-hybridized carbons (Fsp3) is 0.500. The average Bonchev–Trinajstić information content (AvgIpc) is 2.44. The second-order valence-corrected chi connectivity index (χ2v) is 2.20. The van der Waals surface area contributed by atoms with Crippen LogP contribution in [0.4, 0.5) is 0 Å². The summed E-state index contributed by atoms with van der Waals surface area (Å²) in [5.74, 6) is 0.243. The number of nitrogens with two attached hydrogens (primary N) is 1. The van der Waals surface area contributed by atoms with Crippen LogP contribution in [0.2, 0.25) is 0 Å². The molecule has 0 bridgehead atoms. The third-order valence-corrected chi connectivity index (χ3v) is 1.55. The fourth-order valence-electron chi connectivity index (χ4n) is 0.727. The highest BCUT2D eigenvalue weighted by Crippen LogP contribution is 2.40. The van der Waals surface area contributed by atoms with Crippen molar-refractivity contribution in [2.75, 3.05) is 0 Å². The quantitative estimate of drug-likeness (QED) is 0.495. The molecule has 2 nitrogen and oxygen atoms in total. The van der Waals surface area contributed by atoms with Gasteiger partial charge in [-0.25, -0.2) is 0 Å². The second kappa shape index (κ2) is 1.33. The van der Waals surface area contributed by atoms with Crippen LogP contribution in [-0.2, 0) is 0 Å². The number of hydrogen-bond acceptors (Lipinski definition) is 2. The maximum Gasteiger partial charge on any atom is 0.111 e. The Morgan fingerprint density at radius 2 is 2.62 bits per heavy atom. The first-order valence-corrected chi connectivity index (χ1v) is 2.55. The highest BCUT2D eigenvalue weighted by molar-refractivity contribution is 5.26. The van der Waals surface area contributed by atoms with Gasteiger partial charge in [-0.3, -0.25) is 0 Å². The SMILES string of the molecule is C=C[C@@H]1C[C@@]1(N)C#N. The second-order valence-electron chi connectivity index (χ2n) is 2.20. The Kier molecular flexibility index (Phi) is 0.887. The number of nitrogens with zero attached hydrogens (tertiary/aromatic N) is 1. The molecule has 0 aliphatic heterocycles. The third kappa shape index (κ3) is 0.524. The lowest BCUT2D eigenvalue weighted by atomic mass is 10.2. The normalized spacial score (nSPS) is 42.8. The number of nitriles is 1. The zero-order valence-electron chi connectivity index (χ0n) is 4.59. The predicted octanol–water partition coefficient (Wildman–Crippen LogP) is 0.413. The fourth-order valence-corrected chi connectivity index (χ4v) is 0.727. The van der Waals surface area contributed by atoms with Crippen molar-refractivity contribution in [2.24, 2.45) is 11.7 Å².